The van der Waals surface area contributed by atoms with Crippen LogP contribution in [-0.4, -0.2) is 30.7 Å². The van der Waals surface area contributed by atoms with Crippen molar-refractivity contribution < 1.29 is 13.2 Å². The lowest BCUT2D eigenvalue weighted by molar-refractivity contribution is -0.114. The molecule has 0 aromatic carbocycles. The van der Waals surface area contributed by atoms with Gasteiger partial charge in [0, 0.05) is 13.1 Å². The molecule has 31 heavy (non-hydrogen) atoms. The highest BCUT2D eigenvalue weighted by Gasteiger charge is 2.18. The summed E-state index contributed by atoms with van der Waals surface area (Å²) in [6, 6.07) is 0. The van der Waals surface area contributed by atoms with Gasteiger partial charge >= 0.3 is 10.0 Å². The average molecular weight is 471 g/mol. The van der Waals surface area contributed by atoms with E-state index in [4.69, 9.17) is 0 Å². The summed E-state index contributed by atoms with van der Waals surface area (Å²) in [4.78, 5) is 11.0. The molecular formula is C22H38N4O3S2. The Bertz CT molecular complexity index is 773. The van der Waals surface area contributed by atoms with Gasteiger partial charge < -0.3 is 5.32 Å². The summed E-state index contributed by atoms with van der Waals surface area (Å²) in [7, 11) is -3.84. The molecule has 1 aromatic rings. The Balaban J connectivity index is 2.03. The van der Waals surface area contributed by atoms with Crippen molar-refractivity contribution in [1.82, 2.24) is 10.2 Å². The highest BCUT2D eigenvalue weighted by molar-refractivity contribution is 7.92. The lowest BCUT2D eigenvalue weighted by Gasteiger charge is -1.99. The number of aromatic nitrogens is 2. The smallest absolute Gasteiger partial charge is 0.301 e. The van der Waals surface area contributed by atoms with E-state index >= 15 is 0 Å². The second-order valence-corrected chi connectivity index (χ2v) is 10.5. The van der Waals surface area contributed by atoms with Crippen molar-refractivity contribution in [3.05, 3.63) is 12.2 Å². The highest BCUT2D eigenvalue weighted by atomic mass is 32.2. The fourth-order valence-corrected chi connectivity index (χ4v) is 4.86. The summed E-state index contributed by atoms with van der Waals surface area (Å²) < 4.78 is 27.6. The minimum atomic E-state index is -3.84. The number of hydrogen-bond donors (Lipinski definition) is 1. The third-order valence-corrected chi connectivity index (χ3v) is 7.18. The molecule has 0 spiro atoms. The first-order valence-corrected chi connectivity index (χ1v) is 13.8. The van der Waals surface area contributed by atoms with Crippen LogP contribution in [0.5, 0.6) is 0 Å². The fraction of sp³-hybridized carbons (Fsp3) is 0.727. The number of sulfonamides is 1. The number of carbonyl (C=O) groups is 1. The number of allylic oxidation sites excluding steroid dienone is 2. The normalized spacial score (nSPS) is 12.2. The van der Waals surface area contributed by atoms with Gasteiger partial charge in [0.05, 0.1) is 0 Å². The maximum atomic E-state index is 12.1. The van der Waals surface area contributed by atoms with Crippen molar-refractivity contribution in [3.8, 4) is 0 Å². The summed E-state index contributed by atoms with van der Waals surface area (Å²) in [5, 5.41) is 9.77. The Morgan fingerprint density at radius 1 is 0.903 bits per heavy atom. The van der Waals surface area contributed by atoms with Crippen molar-refractivity contribution >= 4 is 38.6 Å². The third-order valence-electron chi connectivity index (χ3n) is 4.72. The number of nitrogens with zero attached hydrogens (tertiary/aromatic N) is 3. The lowest BCUT2D eigenvalue weighted by atomic mass is 10.1. The lowest BCUT2D eigenvalue weighted by Crippen LogP contribution is -2.04. The zero-order valence-corrected chi connectivity index (χ0v) is 20.6. The molecule has 0 saturated carbocycles. The Morgan fingerprint density at radius 3 is 2.03 bits per heavy atom. The molecule has 7 nitrogen and oxygen atoms in total. The van der Waals surface area contributed by atoms with E-state index in [0.717, 1.165) is 37.0 Å². The number of amides is 1. The molecule has 1 N–H and O–H groups in total. The maximum absolute atomic E-state index is 12.1. The highest BCUT2D eigenvalue weighted by Crippen LogP contribution is 2.21. The van der Waals surface area contributed by atoms with E-state index in [-0.39, 0.29) is 15.4 Å². The first-order chi connectivity index (χ1) is 15.0. The van der Waals surface area contributed by atoms with Gasteiger partial charge in [-0.1, -0.05) is 81.8 Å². The number of anilines is 1. The van der Waals surface area contributed by atoms with E-state index in [1.54, 1.807) is 0 Å². The number of unbranched alkanes of at least 4 members (excludes halogenated alkanes) is 12. The zero-order chi connectivity index (χ0) is 22.8. The Morgan fingerprint density at radius 2 is 1.45 bits per heavy atom. The van der Waals surface area contributed by atoms with Crippen LogP contribution in [-0.2, 0) is 14.8 Å². The molecule has 0 bridgehead atoms. The van der Waals surface area contributed by atoms with Crippen LogP contribution in [0.1, 0.15) is 104 Å². The molecule has 0 unspecified atom stereocenters. The number of hydrogen-bond acceptors (Lipinski definition) is 6. The minimum absolute atomic E-state index is 0.151. The average Bonchev–Trinajstić information content (AvgIpc) is 3.19. The van der Waals surface area contributed by atoms with Crippen LogP contribution in [0.25, 0.3) is 0 Å². The largest absolute Gasteiger partial charge is 0.311 e. The molecule has 0 atom stereocenters. The topological polar surface area (TPSA) is 101 Å². The minimum Gasteiger partial charge on any atom is -0.301 e. The summed E-state index contributed by atoms with van der Waals surface area (Å²) >= 11 is 0.796. The van der Waals surface area contributed by atoms with Gasteiger partial charge in [-0.15, -0.1) is 10.2 Å². The van der Waals surface area contributed by atoms with Crippen molar-refractivity contribution in [2.45, 2.75) is 108 Å². The number of rotatable bonds is 18. The van der Waals surface area contributed by atoms with Crippen LogP contribution in [0, 0.1) is 0 Å². The van der Waals surface area contributed by atoms with Gasteiger partial charge in [-0.25, -0.2) is 0 Å². The number of nitrogens with one attached hydrogen (secondary N) is 1. The van der Waals surface area contributed by atoms with Crippen LogP contribution in [0.2, 0.25) is 0 Å². The van der Waals surface area contributed by atoms with Crippen molar-refractivity contribution in [3.63, 3.8) is 0 Å². The van der Waals surface area contributed by atoms with Gasteiger partial charge in [0.2, 0.25) is 11.0 Å². The van der Waals surface area contributed by atoms with E-state index < -0.39 is 10.0 Å². The van der Waals surface area contributed by atoms with Crippen LogP contribution in [0.15, 0.2) is 20.9 Å². The van der Waals surface area contributed by atoms with Gasteiger partial charge in [0.15, 0.2) is 0 Å². The molecule has 0 aliphatic heterocycles. The summed E-state index contributed by atoms with van der Waals surface area (Å²) in [6.07, 6.45) is 22.7. The van der Waals surface area contributed by atoms with Crippen LogP contribution in [0.3, 0.4) is 0 Å². The molecule has 0 aliphatic rings. The molecule has 1 aromatic heterocycles. The van der Waals surface area contributed by atoms with Crippen molar-refractivity contribution in [2.24, 2.45) is 4.40 Å². The van der Waals surface area contributed by atoms with Crippen molar-refractivity contribution in [2.75, 3.05) is 5.32 Å². The Kier molecular flexibility index (Phi) is 15.0. The molecule has 0 radical (unpaired) electrons. The molecule has 1 amide bonds. The molecular weight excluding hydrogens is 432 g/mol. The summed E-state index contributed by atoms with van der Waals surface area (Å²) in [5.74, 6) is -0.326. The molecule has 1 rings (SSSR count). The maximum Gasteiger partial charge on any atom is 0.311 e. The molecule has 176 valence electrons. The Labute approximate surface area is 191 Å². The van der Waals surface area contributed by atoms with Crippen molar-refractivity contribution in [1.29, 1.82) is 0 Å². The molecule has 1 heterocycles. The van der Waals surface area contributed by atoms with Gasteiger partial charge in [0.25, 0.3) is 4.34 Å². The second-order valence-electron chi connectivity index (χ2n) is 7.69. The molecule has 9 heteroatoms. The van der Waals surface area contributed by atoms with Crippen LogP contribution in [0.4, 0.5) is 5.13 Å². The molecule has 0 fully saturated rings. The van der Waals surface area contributed by atoms with E-state index in [0.29, 0.717) is 6.42 Å². The van der Waals surface area contributed by atoms with Gasteiger partial charge in [-0.05, 0) is 38.5 Å². The quantitative estimate of drug-likeness (QED) is 0.117. The zero-order valence-electron chi connectivity index (χ0n) is 19.0. The first kappa shape index (κ1) is 27.4. The monoisotopic (exact) mass is 470 g/mol. The van der Waals surface area contributed by atoms with Crippen LogP contribution < -0.4 is 5.32 Å². The SMILES string of the molecule is CCCCCCCC/C=C/CCCCCCC/C=N\S(=O)(=O)c1nnc(NC(C)=O)s1. The predicted octanol–water partition coefficient (Wildman–Crippen LogP) is 6.29. The van der Waals surface area contributed by atoms with E-state index in [1.807, 2.05) is 0 Å². The first-order valence-electron chi connectivity index (χ1n) is 11.5. The fourth-order valence-electron chi connectivity index (χ4n) is 3.02. The van der Waals surface area contributed by atoms with Gasteiger partial charge in [-0.2, -0.15) is 12.8 Å². The third kappa shape index (κ3) is 14.1. The molecule has 0 aliphatic carbocycles. The predicted molar refractivity (Wildman–Crippen MR) is 129 cm³/mol. The Hall–Kier alpha value is -1.61. The summed E-state index contributed by atoms with van der Waals surface area (Å²) in [6.45, 7) is 3.57. The second kappa shape index (κ2) is 17.0. The van der Waals surface area contributed by atoms with E-state index in [2.05, 4.69) is 39.0 Å². The van der Waals surface area contributed by atoms with E-state index in [1.165, 1.54) is 70.9 Å². The van der Waals surface area contributed by atoms with Crippen LogP contribution >= 0.6 is 11.3 Å². The van der Waals surface area contributed by atoms with E-state index in [9.17, 15) is 13.2 Å². The number of carbonyl (C=O) groups excluding carboxylic acids is 1. The van der Waals surface area contributed by atoms with Gasteiger partial charge in [0.1, 0.15) is 0 Å². The van der Waals surface area contributed by atoms with Gasteiger partial charge in [-0.3, -0.25) is 4.79 Å². The standard InChI is InChI=1S/C22H38N4O3S2/c1-3-4-5-6-7-8-9-10-11-12-13-14-15-16-17-18-19-23-31(28,29)22-26-25-21(30-22)24-20(2)27/h10-11,19H,3-9,12-18H2,1-2H3,(H,24,25,27)/b11-10+,23-19-. The summed E-state index contributed by atoms with van der Waals surface area (Å²) in [5.41, 5.74) is 0. The molecule has 0 saturated heterocycles.